The van der Waals surface area contributed by atoms with Crippen LogP contribution < -0.4 is 44.7 Å². The van der Waals surface area contributed by atoms with Gasteiger partial charge in [0, 0.05) is 22.0 Å². The first-order valence-electron chi connectivity index (χ1n) is 11.1. The van der Waals surface area contributed by atoms with Crippen molar-refractivity contribution >= 4 is 67.1 Å². The average molecular weight is 596 g/mol. The number of anilines is 1. The third kappa shape index (κ3) is 6.72. The number of carbonyl (C=O) groups excluding carboxylic acids is 1. The topological polar surface area (TPSA) is 140 Å². The van der Waals surface area contributed by atoms with Crippen molar-refractivity contribution < 1.29 is 57.2 Å². The van der Waals surface area contributed by atoms with Crippen LogP contribution in [0, 0.1) is 0 Å². The molecule has 9 nitrogen and oxygen atoms in total. The van der Waals surface area contributed by atoms with Crippen molar-refractivity contribution in [1.82, 2.24) is 0 Å². The van der Waals surface area contributed by atoms with E-state index in [4.69, 9.17) is 27.9 Å². The van der Waals surface area contributed by atoms with Gasteiger partial charge in [0.15, 0.2) is 0 Å². The third-order valence-corrected chi connectivity index (χ3v) is 7.15. The number of hydrogen-bond donors (Lipinski definition) is 2. The van der Waals surface area contributed by atoms with Gasteiger partial charge >= 0.3 is 29.6 Å². The molecule has 1 amide bonds. The second-order valence-corrected chi connectivity index (χ2v) is 10.3. The molecule has 0 radical (unpaired) electrons. The number of amides is 1. The Morgan fingerprint density at radius 1 is 1.08 bits per heavy atom. The fourth-order valence-electron chi connectivity index (χ4n) is 3.82. The van der Waals surface area contributed by atoms with Crippen molar-refractivity contribution in [3.8, 4) is 11.5 Å². The Bertz CT molecular complexity index is 1710. The van der Waals surface area contributed by atoms with Crippen LogP contribution in [0.4, 0.5) is 17.1 Å². The van der Waals surface area contributed by atoms with E-state index in [-0.39, 0.29) is 62.8 Å². The quantitative estimate of drug-likeness (QED) is 0.189. The maximum absolute atomic E-state index is 13.4. The van der Waals surface area contributed by atoms with E-state index in [9.17, 15) is 22.9 Å². The van der Waals surface area contributed by atoms with Crippen LogP contribution in [0.25, 0.3) is 10.8 Å². The number of benzene rings is 4. The number of nitrogens with zero attached hydrogens (tertiary/aromatic N) is 2. The molecule has 4 aromatic carbocycles. The molecule has 2 N–H and O–H groups in total. The minimum Gasteiger partial charge on any atom is -0.870 e. The molecule has 196 valence electrons. The summed E-state index contributed by atoms with van der Waals surface area (Å²) < 4.78 is 38.5. The molecule has 4 rings (SSSR count). The average Bonchev–Trinajstić information content (AvgIpc) is 2.88. The Balaban J connectivity index is 0.00000420. The minimum absolute atomic E-state index is 0. The van der Waals surface area contributed by atoms with Gasteiger partial charge in [0.1, 0.15) is 11.4 Å². The molecular weight excluding hydrogens is 576 g/mol. The standard InChI is InChI=1S/C26H21Cl2N3O6S.Na/c1-3-14-11-19(28)21(13-23(14)38(34,35)36)30-31-24-17-7-5-4-6-15(17)10-18(25(24)32)26(33)29-20-9-8-16(27)12-22(20)37-2;/h4-13,32H,3H2,1-2H3,(H,29,33)(H,34,35,36);/q;+1/p-1. The summed E-state index contributed by atoms with van der Waals surface area (Å²) in [7, 11) is -3.14. The normalized spacial score (nSPS) is 11.4. The fraction of sp³-hybridized carbons (Fsp3) is 0.115. The third-order valence-electron chi connectivity index (χ3n) is 5.68. The number of fused-ring (bicyclic) bond motifs is 1. The van der Waals surface area contributed by atoms with E-state index < -0.39 is 21.8 Å². The maximum atomic E-state index is 13.4. The number of halogens is 2. The summed E-state index contributed by atoms with van der Waals surface area (Å²) in [5.74, 6) is -1.12. The molecule has 0 aliphatic rings. The number of carbonyl (C=O) groups is 1. The molecule has 0 atom stereocenters. The number of ether oxygens (including phenoxy) is 1. The molecule has 0 aliphatic carbocycles. The van der Waals surface area contributed by atoms with Crippen LogP contribution >= 0.6 is 23.2 Å². The van der Waals surface area contributed by atoms with E-state index in [1.807, 2.05) is 0 Å². The van der Waals surface area contributed by atoms with Crippen LogP contribution in [0.5, 0.6) is 11.5 Å². The first-order chi connectivity index (χ1) is 18.0. The Labute approximate surface area is 256 Å². The van der Waals surface area contributed by atoms with Gasteiger partial charge in [-0.25, -0.2) is 0 Å². The zero-order chi connectivity index (χ0) is 27.6. The van der Waals surface area contributed by atoms with E-state index in [0.717, 1.165) is 6.07 Å². The molecule has 0 heterocycles. The first-order valence-corrected chi connectivity index (χ1v) is 13.3. The minimum atomic E-state index is -4.56. The predicted molar refractivity (Wildman–Crippen MR) is 144 cm³/mol. The fourth-order valence-corrected chi connectivity index (χ4v) is 5.00. The van der Waals surface area contributed by atoms with Gasteiger partial charge in [-0.3, -0.25) is 9.35 Å². The summed E-state index contributed by atoms with van der Waals surface area (Å²) in [6.45, 7) is 1.70. The molecule has 13 heteroatoms. The number of rotatable bonds is 7. The van der Waals surface area contributed by atoms with Crippen LogP contribution in [0.2, 0.25) is 10.0 Å². The second kappa shape index (κ2) is 12.6. The van der Waals surface area contributed by atoms with Crippen molar-refractivity contribution in [2.75, 3.05) is 12.4 Å². The molecule has 39 heavy (non-hydrogen) atoms. The summed E-state index contributed by atoms with van der Waals surface area (Å²) in [5, 5.41) is 25.6. The van der Waals surface area contributed by atoms with Crippen LogP contribution in [-0.4, -0.2) is 26.0 Å². The first kappa shape index (κ1) is 30.8. The van der Waals surface area contributed by atoms with E-state index in [2.05, 4.69) is 15.5 Å². The smallest absolute Gasteiger partial charge is 0.870 e. The molecule has 0 spiro atoms. The van der Waals surface area contributed by atoms with E-state index in [1.54, 1.807) is 43.3 Å². The van der Waals surface area contributed by atoms with Crippen molar-refractivity contribution in [2.24, 2.45) is 10.2 Å². The summed E-state index contributed by atoms with van der Waals surface area (Å²) in [6, 6.07) is 15.3. The van der Waals surface area contributed by atoms with Gasteiger partial charge in [0.25, 0.3) is 16.0 Å². The van der Waals surface area contributed by atoms with Crippen LogP contribution in [-0.2, 0) is 16.5 Å². The Kier molecular flexibility index (Phi) is 10.0. The summed E-state index contributed by atoms with van der Waals surface area (Å²) in [5.41, 5.74) is 0.155. The number of hydrogen-bond acceptors (Lipinski definition) is 7. The Morgan fingerprint density at radius 3 is 2.46 bits per heavy atom. The summed E-state index contributed by atoms with van der Waals surface area (Å²) in [4.78, 5) is 12.8. The van der Waals surface area contributed by atoms with Crippen LogP contribution in [0.1, 0.15) is 22.8 Å². The number of aryl methyl sites for hydroxylation is 1. The molecule has 0 aromatic heterocycles. The molecule has 0 saturated heterocycles. The van der Waals surface area contributed by atoms with Crippen molar-refractivity contribution in [3.05, 3.63) is 81.8 Å². The number of methoxy groups -OCH3 is 1. The van der Waals surface area contributed by atoms with Crippen molar-refractivity contribution in [1.29, 1.82) is 0 Å². The summed E-state index contributed by atoms with van der Waals surface area (Å²) >= 11 is 12.3. The van der Waals surface area contributed by atoms with Crippen molar-refractivity contribution in [2.45, 2.75) is 18.2 Å². The van der Waals surface area contributed by atoms with Crippen LogP contribution in [0.3, 0.4) is 0 Å². The zero-order valence-corrected chi connectivity index (χ0v) is 25.4. The van der Waals surface area contributed by atoms with Crippen LogP contribution in [0.15, 0.2) is 75.8 Å². The SMILES string of the molecule is CCc1cc(Cl)c(N=Nc2c([O-])c(C(=O)Nc3ccc(Cl)cc3OC)cc3ccccc23)cc1S(=O)(=O)O.[Na+]. The van der Waals surface area contributed by atoms with Gasteiger partial charge in [-0.05, 0) is 47.7 Å². The predicted octanol–water partition coefficient (Wildman–Crippen LogP) is 3.71. The van der Waals surface area contributed by atoms with Crippen molar-refractivity contribution in [3.63, 3.8) is 0 Å². The van der Waals surface area contributed by atoms with Gasteiger partial charge in [0.05, 0.1) is 28.4 Å². The van der Waals surface area contributed by atoms with E-state index >= 15 is 0 Å². The number of nitrogens with one attached hydrogen (secondary N) is 1. The summed E-state index contributed by atoms with van der Waals surface area (Å²) in [6.07, 6.45) is 0.289. The number of azo groups is 1. The molecule has 4 aromatic rings. The Hall–Kier alpha value is -2.70. The monoisotopic (exact) mass is 595 g/mol. The van der Waals surface area contributed by atoms with Gasteiger partial charge in [-0.2, -0.15) is 13.5 Å². The molecular formula is C26H20Cl2N3NaO6S. The molecule has 0 aliphatic heterocycles. The van der Waals surface area contributed by atoms with E-state index in [1.165, 1.54) is 25.3 Å². The molecule has 0 fully saturated rings. The maximum Gasteiger partial charge on any atom is 1.00 e. The van der Waals surface area contributed by atoms with Gasteiger partial charge in [-0.1, -0.05) is 60.1 Å². The second-order valence-electron chi connectivity index (χ2n) is 8.06. The Morgan fingerprint density at radius 2 is 1.79 bits per heavy atom. The van der Waals surface area contributed by atoms with E-state index in [0.29, 0.717) is 32.8 Å². The largest absolute Gasteiger partial charge is 1.00 e. The molecule has 0 saturated carbocycles. The van der Waals surface area contributed by atoms with Gasteiger partial charge in [-0.15, -0.1) is 5.11 Å². The molecule has 0 unspecified atom stereocenters. The van der Waals surface area contributed by atoms with Gasteiger partial charge in [0.2, 0.25) is 0 Å². The molecule has 0 bridgehead atoms. The zero-order valence-electron chi connectivity index (χ0n) is 21.0. The van der Waals surface area contributed by atoms with Gasteiger partial charge < -0.3 is 15.2 Å².